The second-order valence-electron chi connectivity index (χ2n) is 8.76. The minimum absolute atomic E-state index is 0.0211. The van der Waals surface area contributed by atoms with Crippen LogP contribution in [-0.2, 0) is 19.1 Å². The molecule has 0 aliphatic carbocycles. The molecule has 2 aromatic carbocycles. The molecule has 2 heterocycles. The molecule has 2 N–H and O–H groups in total. The van der Waals surface area contributed by atoms with Gasteiger partial charge in [-0.2, -0.15) is 5.26 Å². The number of carbonyl (C=O) groups is 2. The van der Waals surface area contributed by atoms with Gasteiger partial charge in [0, 0.05) is 32.2 Å². The average Bonchev–Trinajstić information content (AvgIpc) is 2.92. The Balaban J connectivity index is 2.03. The second kappa shape index (κ2) is 10.7. The van der Waals surface area contributed by atoms with Gasteiger partial charge in [0.05, 0.1) is 48.7 Å². The quantitative estimate of drug-likeness (QED) is 0.613. The summed E-state index contributed by atoms with van der Waals surface area (Å²) in [5, 5.41) is 10.2. The van der Waals surface area contributed by atoms with Crippen LogP contribution in [-0.4, -0.2) is 64.3 Å². The number of hydrogen-bond acceptors (Lipinski definition) is 9. The molecule has 1 fully saturated rings. The van der Waals surface area contributed by atoms with Crippen molar-refractivity contribution < 1.29 is 23.5 Å². The molecule has 0 radical (unpaired) electrons. The number of nitrogens with zero attached hydrogens (tertiary/aromatic N) is 4. The molecule has 0 amide bonds. The van der Waals surface area contributed by atoms with E-state index in [0.717, 1.165) is 13.1 Å². The number of likely N-dealkylation sites (N-methyl/N-ethyl adjacent to an activating group) is 1. The van der Waals surface area contributed by atoms with Gasteiger partial charge in [-0.25, -0.2) is 14.0 Å². The topological polar surface area (TPSA) is 112 Å². The number of rotatable bonds is 5. The molecule has 192 valence electrons. The number of allylic oxidation sites excluding steroid dienone is 1. The van der Waals surface area contributed by atoms with E-state index in [2.05, 4.69) is 11.0 Å². The van der Waals surface area contributed by atoms with Crippen LogP contribution in [0.3, 0.4) is 0 Å². The van der Waals surface area contributed by atoms with Crippen LogP contribution < -0.4 is 15.5 Å². The summed E-state index contributed by atoms with van der Waals surface area (Å²) in [7, 11) is 4.37. The van der Waals surface area contributed by atoms with E-state index in [1.807, 2.05) is 11.9 Å². The average molecular weight is 506 g/mol. The number of carbonyl (C=O) groups excluding carboxylic acids is 2. The third-order valence-corrected chi connectivity index (χ3v) is 6.63. The number of piperazine rings is 1. The van der Waals surface area contributed by atoms with Crippen LogP contribution >= 0.6 is 0 Å². The van der Waals surface area contributed by atoms with E-state index in [-0.39, 0.29) is 28.4 Å². The third-order valence-electron chi connectivity index (χ3n) is 6.63. The number of hydrogen-bond donors (Lipinski definition) is 1. The van der Waals surface area contributed by atoms with Crippen molar-refractivity contribution in [2.75, 3.05) is 57.2 Å². The summed E-state index contributed by atoms with van der Waals surface area (Å²) in [6.45, 7) is 2.83. The number of anilines is 2. The molecule has 2 aliphatic rings. The van der Waals surface area contributed by atoms with Crippen molar-refractivity contribution in [3.8, 4) is 6.07 Å². The van der Waals surface area contributed by atoms with Crippen LogP contribution in [0.4, 0.5) is 15.8 Å². The summed E-state index contributed by atoms with van der Waals surface area (Å²) < 4.78 is 24.9. The molecule has 10 heteroatoms. The molecule has 1 saturated heterocycles. The lowest BCUT2D eigenvalue weighted by atomic mass is 9.81. The van der Waals surface area contributed by atoms with Crippen molar-refractivity contribution >= 4 is 23.3 Å². The molecular weight excluding hydrogens is 477 g/mol. The van der Waals surface area contributed by atoms with Crippen molar-refractivity contribution in [2.45, 2.75) is 5.92 Å². The Kier molecular flexibility index (Phi) is 7.45. The molecular formula is C27H28FN5O4. The zero-order chi connectivity index (χ0) is 26.7. The zero-order valence-corrected chi connectivity index (χ0v) is 20.9. The van der Waals surface area contributed by atoms with Gasteiger partial charge in [-0.1, -0.05) is 30.3 Å². The van der Waals surface area contributed by atoms with E-state index in [1.165, 1.54) is 31.3 Å². The van der Waals surface area contributed by atoms with Gasteiger partial charge in [-0.15, -0.1) is 0 Å². The Morgan fingerprint density at radius 2 is 1.65 bits per heavy atom. The van der Waals surface area contributed by atoms with Gasteiger partial charge in [-0.05, 0) is 24.7 Å². The molecule has 37 heavy (non-hydrogen) atoms. The first-order valence-corrected chi connectivity index (χ1v) is 11.7. The van der Waals surface area contributed by atoms with Crippen LogP contribution in [0.1, 0.15) is 11.5 Å². The van der Waals surface area contributed by atoms with Gasteiger partial charge >= 0.3 is 11.9 Å². The van der Waals surface area contributed by atoms with E-state index in [1.54, 1.807) is 36.4 Å². The van der Waals surface area contributed by atoms with E-state index in [0.29, 0.717) is 24.3 Å². The molecule has 1 atom stereocenters. The van der Waals surface area contributed by atoms with Crippen LogP contribution in [0.2, 0.25) is 0 Å². The predicted octanol–water partition coefficient (Wildman–Crippen LogP) is 2.48. The summed E-state index contributed by atoms with van der Waals surface area (Å²) >= 11 is 0. The number of halogens is 1. The van der Waals surface area contributed by atoms with E-state index in [9.17, 15) is 19.2 Å². The van der Waals surface area contributed by atoms with Crippen LogP contribution in [0.25, 0.3) is 0 Å². The minimum Gasteiger partial charge on any atom is -0.466 e. The van der Waals surface area contributed by atoms with Crippen molar-refractivity contribution in [3.05, 3.63) is 82.6 Å². The van der Waals surface area contributed by atoms with Gasteiger partial charge in [0.1, 0.15) is 17.3 Å². The normalized spacial score (nSPS) is 18.5. The first-order valence-electron chi connectivity index (χ1n) is 11.7. The molecule has 1 unspecified atom stereocenters. The highest BCUT2D eigenvalue weighted by molar-refractivity contribution is 6.07. The SMILES string of the molecule is COC(=O)C1=C(C(=O)OC)N(c2cc(F)ccc2N2CCN(C)CC2)C(N)=C(C#N)C1c1ccccc1. The first kappa shape index (κ1) is 25.7. The predicted molar refractivity (Wildman–Crippen MR) is 136 cm³/mol. The van der Waals surface area contributed by atoms with Gasteiger partial charge in [0.25, 0.3) is 0 Å². The Labute approximate surface area is 214 Å². The molecule has 2 aliphatic heterocycles. The Bertz CT molecular complexity index is 1310. The van der Waals surface area contributed by atoms with Crippen molar-refractivity contribution in [1.82, 2.24) is 4.90 Å². The number of ether oxygens (including phenoxy) is 2. The van der Waals surface area contributed by atoms with Crippen LogP contribution in [0.15, 0.2) is 71.2 Å². The summed E-state index contributed by atoms with van der Waals surface area (Å²) in [5.41, 5.74) is 7.62. The Morgan fingerprint density at radius 1 is 1.00 bits per heavy atom. The first-order chi connectivity index (χ1) is 17.8. The lowest BCUT2D eigenvalue weighted by molar-refractivity contribution is -0.139. The number of nitrogens with two attached hydrogens (primary N) is 1. The lowest BCUT2D eigenvalue weighted by Crippen LogP contribution is -2.46. The van der Waals surface area contributed by atoms with E-state index < -0.39 is 23.7 Å². The maximum atomic E-state index is 14.7. The summed E-state index contributed by atoms with van der Waals surface area (Å²) in [5.74, 6) is -3.39. The molecule has 0 spiro atoms. The van der Waals surface area contributed by atoms with Gasteiger partial charge in [0.15, 0.2) is 0 Å². The maximum Gasteiger partial charge on any atom is 0.355 e. The van der Waals surface area contributed by atoms with Gasteiger partial charge in [-0.3, -0.25) is 4.90 Å². The van der Waals surface area contributed by atoms with Crippen LogP contribution in [0, 0.1) is 17.1 Å². The molecule has 0 bridgehead atoms. The summed E-state index contributed by atoms with van der Waals surface area (Å²) in [6.07, 6.45) is 0. The van der Waals surface area contributed by atoms with E-state index >= 15 is 0 Å². The second-order valence-corrected chi connectivity index (χ2v) is 8.76. The smallest absolute Gasteiger partial charge is 0.355 e. The van der Waals surface area contributed by atoms with Crippen LogP contribution in [0.5, 0.6) is 0 Å². The van der Waals surface area contributed by atoms with Gasteiger partial charge in [0.2, 0.25) is 0 Å². The monoisotopic (exact) mass is 505 g/mol. The lowest BCUT2D eigenvalue weighted by Gasteiger charge is -2.40. The fraction of sp³-hybridized carbons (Fsp3) is 0.296. The molecule has 4 rings (SSSR count). The fourth-order valence-corrected chi connectivity index (χ4v) is 4.75. The molecule has 2 aromatic rings. The van der Waals surface area contributed by atoms with Crippen molar-refractivity contribution in [3.63, 3.8) is 0 Å². The largest absolute Gasteiger partial charge is 0.466 e. The number of nitriles is 1. The van der Waals surface area contributed by atoms with E-state index in [4.69, 9.17) is 15.2 Å². The standard InChI is InChI=1S/C27H28FN5O4/c1-31-11-13-32(14-12-31)20-10-9-18(28)15-21(20)33-24(27(35)37-3)23(26(34)36-2)22(19(16-29)25(33)30)17-7-5-4-6-8-17/h4-10,15,22H,11-14,30H2,1-3H3. The Hall–Kier alpha value is -4.36. The highest BCUT2D eigenvalue weighted by atomic mass is 19.1. The maximum absolute atomic E-state index is 14.7. The Morgan fingerprint density at radius 3 is 2.24 bits per heavy atom. The fourth-order valence-electron chi connectivity index (χ4n) is 4.75. The number of methoxy groups -OCH3 is 2. The van der Waals surface area contributed by atoms with Crippen molar-refractivity contribution in [2.24, 2.45) is 5.73 Å². The highest BCUT2D eigenvalue weighted by Crippen LogP contribution is 2.45. The summed E-state index contributed by atoms with van der Waals surface area (Å²) in [4.78, 5) is 32.0. The zero-order valence-electron chi connectivity index (χ0n) is 20.9. The highest BCUT2D eigenvalue weighted by Gasteiger charge is 2.43. The molecule has 0 saturated carbocycles. The molecule has 9 nitrogen and oxygen atoms in total. The van der Waals surface area contributed by atoms with Crippen molar-refractivity contribution in [1.29, 1.82) is 5.26 Å². The third kappa shape index (κ3) is 4.73. The molecule has 0 aromatic heterocycles. The number of esters is 2. The summed E-state index contributed by atoms with van der Waals surface area (Å²) in [6, 6.07) is 15.0. The minimum atomic E-state index is -0.996. The van der Waals surface area contributed by atoms with Gasteiger partial charge < -0.3 is 25.0 Å². The number of benzene rings is 2.